The molecule has 0 bridgehead atoms. The predicted octanol–water partition coefficient (Wildman–Crippen LogP) is 3.26. The maximum Gasteiger partial charge on any atom is 0.325 e. The second-order valence-electron chi connectivity index (χ2n) is 6.78. The van der Waals surface area contributed by atoms with E-state index in [9.17, 15) is 14.4 Å². The van der Waals surface area contributed by atoms with Crippen molar-refractivity contribution in [3.8, 4) is 0 Å². The predicted molar refractivity (Wildman–Crippen MR) is 121 cm³/mol. The number of amides is 3. The van der Waals surface area contributed by atoms with Crippen molar-refractivity contribution in [1.82, 2.24) is 14.9 Å². The lowest BCUT2D eigenvalue weighted by atomic mass is 10.2. The van der Waals surface area contributed by atoms with E-state index in [0.29, 0.717) is 41.3 Å². The Bertz CT molecular complexity index is 1120. The molecule has 3 rings (SSSR count). The van der Waals surface area contributed by atoms with E-state index in [1.54, 1.807) is 61.1 Å². The number of nitrogens with zero attached hydrogens (tertiary/aromatic N) is 2. The lowest BCUT2D eigenvalue weighted by Gasteiger charge is -2.16. The maximum atomic E-state index is 13.0. The van der Waals surface area contributed by atoms with Crippen molar-refractivity contribution in [3.63, 3.8) is 0 Å². The molecule has 0 saturated heterocycles. The van der Waals surface area contributed by atoms with E-state index in [1.165, 1.54) is 0 Å². The SMILES string of the molecule is COCCCn1c(SC(C)C(=O)NC(=O)Nc2ccccc2)nc2ccccc2c1=O. The minimum absolute atomic E-state index is 0.168. The van der Waals surface area contributed by atoms with Crippen LogP contribution in [0.3, 0.4) is 0 Å². The van der Waals surface area contributed by atoms with Crippen molar-refractivity contribution in [2.75, 3.05) is 19.0 Å². The van der Waals surface area contributed by atoms with E-state index in [0.717, 1.165) is 11.8 Å². The summed E-state index contributed by atoms with van der Waals surface area (Å²) >= 11 is 1.13. The van der Waals surface area contributed by atoms with Crippen LogP contribution in [0, 0.1) is 0 Å². The molecule has 0 aliphatic carbocycles. The van der Waals surface area contributed by atoms with Gasteiger partial charge in [-0.05, 0) is 37.6 Å². The molecule has 9 heteroatoms. The third-order valence-corrected chi connectivity index (χ3v) is 5.57. The molecule has 0 spiro atoms. The van der Waals surface area contributed by atoms with Crippen molar-refractivity contribution >= 4 is 40.3 Å². The molecule has 2 aromatic carbocycles. The molecule has 1 aromatic heterocycles. The highest BCUT2D eigenvalue weighted by Crippen LogP contribution is 2.23. The minimum atomic E-state index is -0.650. The third-order valence-electron chi connectivity index (χ3n) is 4.48. The number of anilines is 1. The zero-order valence-corrected chi connectivity index (χ0v) is 18.1. The van der Waals surface area contributed by atoms with Gasteiger partial charge in [0.05, 0.1) is 16.2 Å². The van der Waals surface area contributed by atoms with E-state index < -0.39 is 17.2 Å². The fraction of sp³-hybridized carbons (Fsp3) is 0.273. The van der Waals surface area contributed by atoms with Crippen molar-refractivity contribution in [3.05, 3.63) is 65.0 Å². The number of rotatable bonds is 8. The number of thioether (sulfide) groups is 1. The molecule has 0 fully saturated rings. The molecule has 162 valence electrons. The Hall–Kier alpha value is -3.17. The average Bonchev–Trinajstić information content (AvgIpc) is 2.76. The zero-order valence-electron chi connectivity index (χ0n) is 17.3. The number of aromatic nitrogens is 2. The number of fused-ring (bicyclic) bond motifs is 1. The van der Waals surface area contributed by atoms with Crippen LogP contribution < -0.4 is 16.2 Å². The second-order valence-corrected chi connectivity index (χ2v) is 8.09. The Morgan fingerprint density at radius 2 is 1.84 bits per heavy atom. The number of methoxy groups -OCH3 is 1. The number of urea groups is 1. The van der Waals surface area contributed by atoms with E-state index in [1.807, 2.05) is 12.1 Å². The molecular formula is C22H24N4O4S. The first-order valence-electron chi connectivity index (χ1n) is 9.81. The number of carbonyl (C=O) groups excluding carboxylic acids is 2. The Morgan fingerprint density at radius 3 is 2.58 bits per heavy atom. The van der Waals surface area contributed by atoms with Crippen molar-refractivity contribution in [2.45, 2.75) is 30.3 Å². The van der Waals surface area contributed by atoms with Crippen LogP contribution in [0.1, 0.15) is 13.3 Å². The van der Waals surface area contributed by atoms with Gasteiger partial charge in [-0.15, -0.1) is 0 Å². The summed E-state index contributed by atoms with van der Waals surface area (Å²) < 4.78 is 6.65. The van der Waals surface area contributed by atoms with Gasteiger partial charge in [0.2, 0.25) is 5.91 Å². The van der Waals surface area contributed by atoms with Gasteiger partial charge in [-0.1, -0.05) is 42.1 Å². The first-order chi connectivity index (χ1) is 15.0. The molecule has 3 aromatic rings. The van der Waals surface area contributed by atoms with E-state index in [4.69, 9.17) is 4.74 Å². The number of ether oxygens (including phenoxy) is 1. The van der Waals surface area contributed by atoms with Crippen LogP contribution in [0.5, 0.6) is 0 Å². The highest BCUT2D eigenvalue weighted by atomic mass is 32.2. The fourth-order valence-corrected chi connectivity index (χ4v) is 3.85. The van der Waals surface area contributed by atoms with Gasteiger partial charge >= 0.3 is 6.03 Å². The van der Waals surface area contributed by atoms with Gasteiger partial charge in [-0.3, -0.25) is 19.5 Å². The largest absolute Gasteiger partial charge is 0.385 e. The number of benzene rings is 2. The summed E-state index contributed by atoms with van der Waals surface area (Å²) in [5.74, 6) is -0.482. The highest BCUT2D eigenvalue weighted by Gasteiger charge is 2.21. The van der Waals surface area contributed by atoms with Crippen LogP contribution in [0.25, 0.3) is 10.9 Å². The van der Waals surface area contributed by atoms with Crippen LogP contribution in [0.4, 0.5) is 10.5 Å². The molecule has 3 amide bonds. The Labute approximate surface area is 184 Å². The number of imide groups is 1. The van der Waals surface area contributed by atoms with Gasteiger partial charge in [-0.25, -0.2) is 9.78 Å². The van der Waals surface area contributed by atoms with Crippen LogP contribution in [-0.4, -0.2) is 40.5 Å². The van der Waals surface area contributed by atoms with Crippen LogP contribution >= 0.6 is 11.8 Å². The molecule has 1 atom stereocenters. The topological polar surface area (TPSA) is 102 Å². The smallest absolute Gasteiger partial charge is 0.325 e. The monoisotopic (exact) mass is 440 g/mol. The molecule has 0 saturated carbocycles. The molecule has 1 heterocycles. The molecule has 0 aliphatic rings. The molecule has 0 aliphatic heterocycles. The molecule has 31 heavy (non-hydrogen) atoms. The minimum Gasteiger partial charge on any atom is -0.385 e. The Morgan fingerprint density at radius 1 is 1.13 bits per heavy atom. The number of carbonyl (C=O) groups is 2. The number of hydrogen-bond donors (Lipinski definition) is 2. The Kier molecular flexibility index (Phi) is 7.80. The number of para-hydroxylation sites is 2. The van der Waals surface area contributed by atoms with Gasteiger partial charge in [0, 0.05) is 25.9 Å². The normalized spacial score (nSPS) is 11.8. The van der Waals surface area contributed by atoms with E-state index in [2.05, 4.69) is 15.6 Å². The molecule has 0 radical (unpaired) electrons. The summed E-state index contributed by atoms with van der Waals surface area (Å²) in [7, 11) is 1.60. The van der Waals surface area contributed by atoms with Gasteiger partial charge in [0.1, 0.15) is 0 Å². The summed E-state index contributed by atoms with van der Waals surface area (Å²) in [5, 5.41) is 5.22. The van der Waals surface area contributed by atoms with Gasteiger partial charge in [0.15, 0.2) is 5.16 Å². The van der Waals surface area contributed by atoms with Crippen molar-refractivity contribution < 1.29 is 14.3 Å². The summed E-state index contributed by atoms with van der Waals surface area (Å²) in [6.07, 6.45) is 0.629. The van der Waals surface area contributed by atoms with Crippen LogP contribution in [-0.2, 0) is 16.1 Å². The lowest BCUT2D eigenvalue weighted by molar-refractivity contribution is -0.119. The number of nitrogens with one attached hydrogen (secondary N) is 2. The Balaban J connectivity index is 1.75. The quantitative estimate of drug-likeness (QED) is 0.317. The zero-order chi connectivity index (χ0) is 22.2. The third kappa shape index (κ3) is 5.93. The number of hydrogen-bond acceptors (Lipinski definition) is 6. The second kappa shape index (κ2) is 10.7. The molecular weight excluding hydrogens is 416 g/mol. The summed E-state index contributed by atoms with van der Waals surface area (Å²) in [4.78, 5) is 42.2. The van der Waals surface area contributed by atoms with Crippen LogP contribution in [0.2, 0.25) is 0 Å². The lowest BCUT2D eigenvalue weighted by Crippen LogP contribution is -2.39. The van der Waals surface area contributed by atoms with E-state index in [-0.39, 0.29) is 5.56 Å². The standard InChI is InChI=1S/C22H24N4O4S/c1-15(19(27)25-21(29)23-16-9-4-3-5-10-16)31-22-24-18-12-7-6-11-17(18)20(28)26(22)13-8-14-30-2/h3-7,9-12,15H,8,13-14H2,1-2H3,(H2,23,25,27,29). The summed E-state index contributed by atoms with van der Waals surface area (Å²) in [5.41, 5.74) is 0.974. The molecule has 2 N–H and O–H groups in total. The molecule has 8 nitrogen and oxygen atoms in total. The molecule has 1 unspecified atom stereocenters. The van der Waals surface area contributed by atoms with Gasteiger partial charge in [0.25, 0.3) is 5.56 Å². The van der Waals surface area contributed by atoms with Crippen molar-refractivity contribution in [2.24, 2.45) is 0 Å². The summed E-state index contributed by atoms with van der Waals surface area (Å²) in [6.45, 7) is 2.57. The van der Waals surface area contributed by atoms with Gasteiger partial charge < -0.3 is 10.1 Å². The average molecular weight is 441 g/mol. The first-order valence-corrected chi connectivity index (χ1v) is 10.7. The highest BCUT2D eigenvalue weighted by molar-refractivity contribution is 8.00. The summed E-state index contributed by atoms with van der Waals surface area (Å²) in [6, 6.07) is 15.3. The van der Waals surface area contributed by atoms with Crippen LogP contribution in [0.15, 0.2) is 64.5 Å². The fourth-order valence-electron chi connectivity index (χ4n) is 2.91. The van der Waals surface area contributed by atoms with Gasteiger partial charge in [-0.2, -0.15) is 0 Å². The van der Waals surface area contributed by atoms with Crippen molar-refractivity contribution in [1.29, 1.82) is 0 Å². The first kappa shape index (κ1) is 22.5. The van der Waals surface area contributed by atoms with E-state index >= 15 is 0 Å². The maximum absolute atomic E-state index is 13.0.